The normalized spacial score (nSPS) is 19.6. The van der Waals surface area contributed by atoms with Gasteiger partial charge in [0.15, 0.2) is 0 Å². The van der Waals surface area contributed by atoms with Crippen molar-refractivity contribution in [3.8, 4) is 0 Å². The van der Waals surface area contributed by atoms with Gasteiger partial charge < -0.3 is 0 Å². The van der Waals surface area contributed by atoms with Gasteiger partial charge in [-0.2, -0.15) is 0 Å². The van der Waals surface area contributed by atoms with Crippen LogP contribution in [-0.2, 0) is 0 Å². The molecule has 0 amide bonds. The van der Waals surface area contributed by atoms with Crippen molar-refractivity contribution in [3.63, 3.8) is 0 Å². The maximum atomic E-state index is 1.55. The van der Waals surface area contributed by atoms with Gasteiger partial charge in [-0.15, -0.1) is 24.8 Å². The maximum Gasteiger partial charge on any atom is 0.216 e. The highest BCUT2D eigenvalue weighted by molar-refractivity contribution is 6.11. The summed E-state index contributed by atoms with van der Waals surface area (Å²) in [4.78, 5) is 0. The Bertz CT molecular complexity index is 53.0. The fraction of sp³-hybridized carbons (Fsp3) is 1.00. The van der Waals surface area contributed by atoms with Gasteiger partial charge in [0.1, 0.15) is 0 Å². The maximum absolute atomic E-state index is 1.55. The summed E-state index contributed by atoms with van der Waals surface area (Å²) in [5.74, 6) is 0. The van der Waals surface area contributed by atoms with Crippen molar-refractivity contribution in [1.82, 2.24) is 0 Å². The van der Waals surface area contributed by atoms with E-state index in [9.17, 15) is 0 Å². The smallest absolute Gasteiger partial charge is 0.147 e. The van der Waals surface area contributed by atoms with Crippen LogP contribution in [0, 0.1) is 0 Å². The van der Waals surface area contributed by atoms with E-state index in [1.807, 2.05) is 0 Å². The third-order valence-corrected chi connectivity index (χ3v) is 3.05. The molecule has 1 saturated carbocycles. The van der Waals surface area contributed by atoms with E-state index in [1.165, 1.54) is 40.3 Å². The fourth-order valence-corrected chi connectivity index (χ4v) is 2.12. The lowest BCUT2D eigenvalue weighted by molar-refractivity contribution is 0.504. The zero-order valence-corrected chi connectivity index (χ0v) is 9.56. The predicted octanol–water partition coefficient (Wildman–Crippen LogP) is 2.22. The van der Waals surface area contributed by atoms with E-state index >= 15 is 0 Å². The van der Waals surface area contributed by atoms with Crippen molar-refractivity contribution in [3.05, 3.63) is 0 Å². The zero-order valence-electron chi connectivity index (χ0n) is 5.93. The van der Waals surface area contributed by atoms with Gasteiger partial charge >= 0.3 is 0 Å². The second kappa shape index (κ2) is 7.22. The summed E-state index contributed by atoms with van der Waals surface area (Å²) >= 11 is 1.45. The molecule has 0 bridgehead atoms. The van der Waals surface area contributed by atoms with Crippen molar-refractivity contribution >= 4 is 41.1 Å². The molecule has 9 heavy (non-hydrogen) atoms. The SMILES string of the molecule is Cl.Cl.[AlH2][CH]1CCCCC1. The Kier molecular flexibility index (Phi) is 10.2. The van der Waals surface area contributed by atoms with Crippen LogP contribution in [0.5, 0.6) is 0 Å². The van der Waals surface area contributed by atoms with E-state index < -0.39 is 0 Å². The molecule has 0 aromatic heterocycles. The summed E-state index contributed by atoms with van der Waals surface area (Å²) in [6.45, 7) is 0. The van der Waals surface area contributed by atoms with Crippen molar-refractivity contribution in [2.75, 3.05) is 0 Å². The number of hydrogen-bond acceptors (Lipinski definition) is 0. The van der Waals surface area contributed by atoms with Crippen LogP contribution in [0.25, 0.3) is 0 Å². The second-order valence-corrected chi connectivity index (χ2v) is 4.38. The molecule has 0 unspecified atom stereocenters. The molecule has 0 nitrogen and oxygen atoms in total. The minimum Gasteiger partial charge on any atom is -0.147 e. The Labute approximate surface area is 78.0 Å². The molecule has 0 atom stereocenters. The van der Waals surface area contributed by atoms with Crippen LogP contribution in [0.2, 0.25) is 4.78 Å². The minimum absolute atomic E-state index is 0. The van der Waals surface area contributed by atoms with Crippen LogP contribution in [0.1, 0.15) is 32.1 Å². The predicted molar refractivity (Wildman–Crippen MR) is 49.9 cm³/mol. The van der Waals surface area contributed by atoms with Crippen LogP contribution in [0.15, 0.2) is 0 Å². The molecule has 0 aromatic carbocycles. The molecule has 0 radical (unpaired) electrons. The fourth-order valence-electron chi connectivity index (χ4n) is 1.31. The highest BCUT2D eigenvalue weighted by Crippen LogP contribution is 2.24. The lowest BCUT2D eigenvalue weighted by Crippen LogP contribution is -1.98. The number of hydrogen-bond donors (Lipinski definition) is 0. The summed E-state index contributed by atoms with van der Waals surface area (Å²) in [6, 6.07) is 0. The summed E-state index contributed by atoms with van der Waals surface area (Å²) in [5, 5.41) is 0. The first-order valence-electron chi connectivity index (χ1n) is 3.39. The molecule has 0 N–H and O–H groups in total. The monoisotopic (exact) mass is 184 g/mol. The standard InChI is InChI=1S/C6H11.Al.2ClH.2H/c1-2-4-6-5-3-1;;;;;/h1H,2-6H2;;2*1H;;. The van der Waals surface area contributed by atoms with E-state index in [-0.39, 0.29) is 24.8 Å². The molecule has 0 heterocycles. The summed E-state index contributed by atoms with van der Waals surface area (Å²) in [7, 11) is 0. The minimum atomic E-state index is 0. The van der Waals surface area contributed by atoms with Gasteiger partial charge in [0, 0.05) is 0 Å². The van der Waals surface area contributed by atoms with Gasteiger partial charge in [0.05, 0.1) is 0 Å². The first-order valence-corrected chi connectivity index (χ1v) is 4.55. The van der Waals surface area contributed by atoms with Crippen LogP contribution >= 0.6 is 24.8 Å². The van der Waals surface area contributed by atoms with E-state index in [1.54, 1.807) is 12.8 Å². The van der Waals surface area contributed by atoms with Gasteiger partial charge in [-0.3, -0.25) is 0 Å². The summed E-state index contributed by atoms with van der Waals surface area (Å²) in [6.07, 6.45) is 7.65. The molecule has 0 aromatic rings. The van der Waals surface area contributed by atoms with Gasteiger partial charge in [-0.05, 0) is 0 Å². The van der Waals surface area contributed by atoms with Crippen LogP contribution in [0.3, 0.4) is 0 Å². The average Bonchev–Trinajstić information content (AvgIpc) is 1.69. The molecule has 56 valence electrons. The van der Waals surface area contributed by atoms with Crippen molar-refractivity contribution < 1.29 is 0 Å². The van der Waals surface area contributed by atoms with Gasteiger partial charge in [0.2, 0.25) is 16.3 Å². The molecule has 0 aliphatic heterocycles. The Hall–Kier alpha value is 1.11. The molecule has 0 spiro atoms. The Morgan fingerprint density at radius 2 is 1.33 bits per heavy atom. The molecule has 0 saturated heterocycles. The molecule has 1 fully saturated rings. The molecule has 1 aliphatic rings. The van der Waals surface area contributed by atoms with Crippen molar-refractivity contribution in [2.24, 2.45) is 0 Å². The Balaban J connectivity index is 0. The topological polar surface area (TPSA) is 0 Å². The molecule has 1 rings (SSSR count). The number of rotatable bonds is 0. The summed E-state index contributed by atoms with van der Waals surface area (Å²) in [5.41, 5.74) is 0. The van der Waals surface area contributed by atoms with Gasteiger partial charge in [-0.25, -0.2) is 0 Å². The average molecular weight is 185 g/mol. The first kappa shape index (κ1) is 12.8. The lowest BCUT2D eigenvalue weighted by atomic mass is 10.0. The highest BCUT2D eigenvalue weighted by Gasteiger charge is 2.06. The third kappa shape index (κ3) is 5.55. The third-order valence-electron chi connectivity index (χ3n) is 1.89. The molecule has 1 aliphatic carbocycles. The van der Waals surface area contributed by atoms with Crippen LogP contribution in [0.4, 0.5) is 0 Å². The largest absolute Gasteiger partial charge is 0.216 e. The lowest BCUT2D eigenvalue weighted by Gasteiger charge is -2.15. The zero-order chi connectivity index (χ0) is 5.11. The van der Waals surface area contributed by atoms with Crippen LogP contribution in [-0.4, -0.2) is 16.3 Å². The van der Waals surface area contributed by atoms with Gasteiger partial charge in [-0.1, -0.05) is 36.9 Å². The second-order valence-electron chi connectivity index (χ2n) is 2.74. The van der Waals surface area contributed by atoms with Gasteiger partial charge in [0.25, 0.3) is 0 Å². The molecular formula is C6H15AlCl2. The van der Waals surface area contributed by atoms with E-state index in [2.05, 4.69) is 0 Å². The van der Waals surface area contributed by atoms with E-state index in [4.69, 9.17) is 0 Å². The highest BCUT2D eigenvalue weighted by atomic mass is 35.5. The van der Waals surface area contributed by atoms with Crippen LogP contribution < -0.4 is 0 Å². The Morgan fingerprint density at radius 3 is 1.56 bits per heavy atom. The van der Waals surface area contributed by atoms with Crippen molar-refractivity contribution in [1.29, 1.82) is 0 Å². The number of halogens is 2. The molecule has 3 heteroatoms. The van der Waals surface area contributed by atoms with Crippen molar-refractivity contribution in [2.45, 2.75) is 36.9 Å². The first-order chi connectivity index (χ1) is 3.39. The van der Waals surface area contributed by atoms with E-state index in [0.717, 1.165) is 0 Å². The summed E-state index contributed by atoms with van der Waals surface area (Å²) < 4.78 is 1.17. The Morgan fingerprint density at radius 1 is 0.889 bits per heavy atom. The van der Waals surface area contributed by atoms with E-state index in [0.29, 0.717) is 0 Å². The molecular weight excluding hydrogens is 170 g/mol. The quantitative estimate of drug-likeness (QED) is 0.507.